The topological polar surface area (TPSA) is 50.2 Å². The summed E-state index contributed by atoms with van der Waals surface area (Å²) >= 11 is 0. The second kappa shape index (κ2) is 2.69. The van der Waals surface area contributed by atoms with E-state index in [2.05, 4.69) is 4.98 Å². The minimum Gasteiger partial charge on any atom is -0.506 e. The van der Waals surface area contributed by atoms with Gasteiger partial charge in [0.1, 0.15) is 11.5 Å². The Morgan fingerprint density at radius 3 is 3.00 bits per heavy atom. The molecule has 0 saturated carbocycles. The second-order valence-corrected chi connectivity index (χ2v) is 3.07. The number of hydrogen-bond acceptors (Lipinski definition) is 3. The number of pyridine rings is 1. The van der Waals surface area contributed by atoms with Crippen LogP contribution in [-0.2, 0) is 0 Å². The number of rotatable bonds is 0. The number of aromatic nitrogens is 1. The van der Waals surface area contributed by atoms with Crippen molar-refractivity contribution in [1.82, 2.24) is 4.98 Å². The molecule has 1 aromatic rings. The number of fused-ring (bicyclic) bond motifs is 1. The van der Waals surface area contributed by atoms with Crippen molar-refractivity contribution >= 4 is 11.5 Å². The van der Waals surface area contributed by atoms with E-state index in [4.69, 9.17) is 0 Å². The molecule has 66 valence electrons. The third kappa shape index (κ3) is 1.22. The molecule has 0 unspecified atom stereocenters. The number of allylic oxidation sites excluding steroid dienone is 1. The van der Waals surface area contributed by atoms with Crippen LogP contribution in [-0.4, -0.2) is 15.9 Å². The molecular formula is C10H9NO2. The number of nitrogens with zero attached hydrogens (tertiary/aromatic N) is 1. The Bertz CT molecular complexity index is 407. The van der Waals surface area contributed by atoms with Crippen LogP contribution in [0.25, 0.3) is 5.76 Å². The van der Waals surface area contributed by atoms with Gasteiger partial charge >= 0.3 is 0 Å². The lowest BCUT2D eigenvalue weighted by atomic mass is 9.99. The molecule has 0 aromatic carbocycles. The van der Waals surface area contributed by atoms with Crippen molar-refractivity contribution in [3.63, 3.8) is 0 Å². The zero-order valence-corrected chi connectivity index (χ0v) is 7.24. The number of ketones is 1. The van der Waals surface area contributed by atoms with E-state index in [1.165, 1.54) is 6.08 Å². The van der Waals surface area contributed by atoms with Crippen LogP contribution in [0.15, 0.2) is 18.2 Å². The van der Waals surface area contributed by atoms with Gasteiger partial charge in [0, 0.05) is 17.7 Å². The molecule has 0 atom stereocenters. The lowest BCUT2D eigenvalue weighted by Gasteiger charge is -2.11. The minimum atomic E-state index is 0.0142. The SMILES string of the molecule is Cc1ccc2c(n1)C(O)=CCC2=O. The van der Waals surface area contributed by atoms with E-state index in [0.29, 0.717) is 11.3 Å². The van der Waals surface area contributed by atoms with Crippen molar-refractivity contribution in [2.45, 2.75) is 13.3 Å². The van der Waals surface area contributed by atoms with Crippen molar-refractivity contribution in [3.8, 4) is 0 Å². The number of carbonyl (C=O) groups excluding carboxylic acids is 1. The third-order valence-electron chi connectivity index (χ3n) is 2.06. The summed E-state index contributed by atoms with van der Waals surface area (Å²) < 4.78 is 0. The van der Waals surface area contributed by atoms with Gasteiger partial charge in [0.25, 0.3) is 0 Å². The highest BCUT2D eigenvalue weighted by Gasteiger charge is 2.19. The number of aryl methyl sites for hydroxylation is 1. The largest absolute Gasteiger partial charge is 0.506 e. The molecule has 3 heteroatoms. The highest BCUT2D eigenvalue weighted by Crippen LogP contribution is 2.22. The zero-order valence-electron chi connectivity index (χ0n) is 7.24. The predicted octanol–water partition coefficient (Wildman–Crippen LogP) is 1.88. The standard InChI is InChI=1S/C10H9NO2/c1-6-2-3-7-8(12)4-5-9(13)10(7)11-6/h2-3,5,13H,4H2,1H3. The fourth-order valence-corrected chi connectivity index (χ4v) is 1.37. The summed E-state index contributed by atoms with van der Waals surface area (Å²) in [6.45, 7) is 1.83. The average molecular weight is 175 g/mol. The summed E-state index contributed by atoms with van der Waals surface area (Å²) in [6, 6.07) is 3.48. The van der Waals surface area contributed by atoms with Crippen molar-refractivity contribution in [2.75, 3.05) is 0 Å². The molecule has 0 aliphatic heterocycles. The first kappa shape index (κ1) is 7.98. The van der Waals surface area contributed by atoms with Crippen molar-refractivity contribution in [1.29, 1.82) is 0 Å². The molecule has 1 aliphatic carbocycles. The van der Waals surface area contributed by atoms with Crippen molar-refractivity contribution in [2.24, 2.45) is 0 Å². The number of aliphatic hydroxyl groups is 1. The minimum absolute atomic E-state index is 0.0142. The Morgan fingerprint density at radius 1 is 1.46 bits per heavy atom. The maximum Gasteiger partial charge on any atom is 0.169 e. The third-order valence-corrected chi connectivity index (χ3v) is 2.06. The molecule has 0 amide bonds. The van der Waals surface area contributed by atoms with Crippen LogP contribution < -0.4 is 0 Å². The molecule has 0 radical (unpaired) electrons. The van der Waals surface area contributed by atoms with Gasteiger partial charge in [-0.15, -0.1) is 0 Å². The van der Waals surface area contributed by atoms with Crippen LogP contribution in [0.2, 0.25) is 0 Å². The Balaban J connectivity index is 2.66. The highest BCUT2D eigenvalue weighted by atomic mass is 16.3. The van der Waals surface area contributed by atoms with E-state index < -0.39 is 0 Å². The molecule has 1 N–H and O–H groups in total. The molecule has 13 heavy (non-hydrogen) atoms. The molecule has 1 aromatic heterocycles. The molecule has 0 fully saturated rings. The normalized spacial score (nSPS) is 15.2. The molecule has 3 nitrogen and oxygen atoms in total. The van der Waals surface area contributed by atoms with Crippen molar-refractivity contribution in [3.05, 3.63) is 35.2 Å². The highest BCUT2D eigenvalue weighted by molar-refractivity contribution is 6.03. The summed E-state index contributed by atoms with van der Waals surface area (Å²) in [5.74, 6) is 0.124. The van der Waals surface area contributed by atoms with E-state index in [-0.39, 0.29) is 18.0 Å². The van der Waals surface area contributed by atoms with Crippen LogP contribution in [0.3, 0.4) is 0 Å². The molecule has 1 heterocycles. The van der Waals surface area contributed by atoms with Gasteiger partial charge in [0.15, 0.2) is 5.78 Å². The van der Waals surface area contributed by atoms with Gasteiger partial charge in [-0.05, 0) is 25.1 Å². The fraction of sp³-hybridized carbons (Fsp3) is 0.200. The van der Waals surface area contributed by atoms with Gasteiger partial charge in [-0.1, -0.05) is 0 Å². The van der Waals surface area contributed by atoms with Crippen LogP contribution in [0, 0.1) is 6.92 Å². The maximum atomic E-state index is 11.3. The quantitative estimate of drug-likeness (QED) is 0.654. The van der Waals surface area contributed by atoms with Crippen LogP contribution in [0.1, 0.15) is 28.2 Å². The fourth-order valence-electron chi connectivity index (χ4n) is 1.37. The first-order valence-corrected chi connectivity index (χ1v) is 4.09. The first-order chi connectivity index (χ1) is 6.18. The molecule has 0 bridgehead atoms. The summed E-state index contributed by atoms with van der Waals surface area (Å²) in [6.07, 6.45) is 1.76. The van der Waals surface area contributed by atoms with Crippen LogP contribution in [0.4, 0.5) is 0 Å². The van der Waals surface area contributed by atoms with Gasteiger partial charge < -0.3 is 5.11 Å². The number of aliphatic hydroxyl groups excluding tert-OH is 1. The predicted molar refractivity (Wildman–Crippen MR) is 48.5 cm³/mol. The van der Waals surface area contributed by atoms with Crippen LogP contribution in [0.5, 0.6) is 0 Å². The summed E-state index contributed by atoms with van der Waals surface area (Å²) in [4.78, 5) is 15.5. The van der Waals surface area contributed by atoms with Gasteiger partial charge in [-0.3, -0.25) is 4.79 Å². The van der Waals surface area contributed by atoms with Crippen LogP contribution >= 0.6 is 0 Å². The Kier molecular flexibility index (Phi) is 1.65. The Morgan fingerprint density at radius 2 is 2.23 bits per heavy atom. The summed E-state index contributed by atoms with van der Waals surface area (Å²) in [5, 5.41) is 9.45. The Hall–Kier alpha value is -1.64. The summed E-state index contributed by atoms with van der Waals surface area (Å²) in [7, 11) is 0. The first-order valence-electron chi connectivity index (χ1n) is 4.09. The summed E-state index contributed by atoms with van der Waals surface area (Å²) in [5.41, 5.74) is 1.73. The monoisotopic (exact) mass is 175 g/mol. The van der Waals surface area contributed by atoms with E-state index in [1.54, 1.807) is 12.1 Å². The molecule has 2 rings (SSSR count). The number of carbonyl (C=O) groups is 1. The molecular weight excluding hydrogens is 166 g/mol. The van der Waals surface area contributed by atoms with Crippen molar-refractivity contribution < 1.29 is 9.90 Å². The number of Topliss-reactive ketones (excluding diaryl/α,β-unsaturated/α-hetero) is 1. The zero-order chi connectivity index (χ0) is 9.42. The molecule has 0 spiro atoms. The van der Waals surface area contributed by atoms with Gasteiger partial charge in [0.2, 0.25) is 0 Å². The Labute approximate surface area is 75.7 Å². The van der Waals surface area contributed by atoms with E-state index >= 15 is 0 Å². The smallest absolute Gasteiger partial charge is 0.169 e. The molecule has 0 saturated heterocycles. The number of hydrogen-bond donors (Lipinski definition) is 1. The average Bonchev–Trinajstić information content (AvgIpc) is 2.12. The molecule has 1 aliphatic rings. The van der Waals surface area contributed by atoms with Gasteiger partial charge in [0.05, 0.1) is 0 Å². The maximum absolute atomic E-state index is 11.3. The lowest BCUT2D eigenvalue weighted by molar-refractivity contribution is 0.0992. The van der Waals surface area contributed by atoms with E-state index in [1.807, 2.05) is 6.92 Å². The lowest BCUT2D eigenvalue weighted by Crippen LogP contribution is -2.10. The second-order valence-electron chi connectivity index (χ2n) is 3.07. The van der Waals surface area contributed by atoms with Gasteiger partial charge in [-0.25, -0.2) is 4.98 Å². The van der Waals surface area contributed by atoms with E-state index in [9.17, 15) is 9.90 Å². The van der Waals surface area contributed by atoms with Gasteiger partial charge in [-0.2, -0.15) is 0 Å². The van der Waals surface area contributed by atoms with E-state index in [0.717, 1.165) is 5.69 Å².